The molecule has 0 radical (unpaired) electrons. The maximum absolute atomic E-state index is 12.9. The van der Waals surface area contributed by atoms with E-state index in [9.17, 15) is 9.59 Å². The monoisotopic (exact) mass is 470 g/mol. The number of nitrogens with one attached hydrogen (secondary N) is 2. The fourth-order valence-corrected chi connectivity index (χ4v) is 3.86. The Balaban J connectivity index is 1.52. The van der Waals surface area contributed by atoms with Gasteiger partial charge in [-0.3, -0.25) is 9.59 Å². The topological polar surface area (TPSA) is 101 Å². The van der Waals surface area contributed by atoms with Crippen molar-refractivity contribution in [3.8, 4) is 5.75 Å². The normalized spacial score (nSPS) is 12.9. The third kappa shape index (κ3) is 4.93. The third-order valence-electron chi connectivity index (χ3n) is 5.88. The molecular formula is C26H26N6O3. The van der Waals surface area contributed by atoms with Crippen molar-refractivity contribution in [2.45, 2.75) is 25.4 Å². The molecule has 0 saturated heterocycles. The van der Waals surface area contributed by atoms with E-state index in [0.29, 0.717) is 35.0 Å². The van der Waals surface area contributed by atoms with Crippen molar-refractivity contribution in [2.24, 2.45) is 0 Å². The number of methoxy groups -OCH3 is 1. The van der Waals surface area contributed by atoms with Crippen LogP contribution in [0.1, 0.15) is 39.3 Å². The molecule has 0 spiro atoms. The first-order valence-electron chi connectivity index (χ1n) is 11.4. The van der Waals surface area contributed by atoms with Crippen LogP contribution in [-0.2, 0) is 6.54 Å². The fraction of sp³-hybridized carbons (Fsp3) is 0.231. The molecule has 0 atom stereocenters. The summed E-state index contributed by atoms with van der Waals surface area (Å²) in [5, 5.41) is 10.9. The summed E-state index contributed by atoms with van der Waals surface area (Å²) in [7, 11) is 3.61. The number of amides is 1. The molecule has 0 aliphatic heterocycles. The summed E-state index contributed by atoms with van der Waals surface area (Å²) in [6.45, 7) is 0.611. The second-order valence-corrected chi connectivity index (χ2v) is 8.61. The van der Waals surface area contributed by atoms with Gasteiger partial charge >= 0.3 is 0 Å². The lowest BCUT2D eigenvalue weighted by Gasteiger charge is -2.21. The Bertz CT molecular complexity index is 1380. The molecule has 1 aliphatic rings. The molecule has 5 rings (SSSR count). The Kier molecular flexibility index (Phi) is 6.05. The van der Waals surface area contributed by atoms with Gasteiger partial charge < -0.3 is 20.3 Å². The van der Waals surface area contributed by atoms with Crippen LogP contribution in [-0.4, -0.2) is 47.0 Å². The van der Waals surface area contributed by atoms with Crippen LogP contribution in [0.25, 0.3) is 5.65 Å². The molecule has 178 valence electrons. The number of aromatic nitrogens is 3. The number of hydrogen-bond acceptors (Lipinski definition) is 7. The number of ether oxygens (including phenoxy) is 1. The van der Waals surface area contributed by atoms with Crippen LogP contribution in [0, 0.1) is 0 Å². The largest absolute Gasteiger partial charge is 0.497 e. The highest BCUT2D eigenvalue weighted by Crippen LogP contribution is 2.28. The number of carbonyl (C=O) groups excluding carboxylic acids is 2. The lowest BCUT2D eigenvalue weighted by atomic mass is 10.2. The fourth-order valence-electron chi connectivity index (χ4n) is 3.86. The Morgan fingerprint density at radius 3 is 2.71 bits per heavy atom. The number of rotatable bonds is 9. The summed E-state index contributed by atoms with van der Waals surface area (Å²) in [6.07, 6.45) is 4.34. The number of nitrogens with zero attached hydrogens (tertiary/aromatic N) is 4. The first-order valence-corrected chi connectivity index (χ1v) is 11.4. The number of aldehydes is 1. The van der Waals surface area contributed by atoms with E-state index in [1.807, 2.05) is 43.4 Å². The van der Waals surface area contributed by atoms with Crippen molar-refractivity contribution >= 4 is 35.0 Å². The number of benzene rings is 2. The van der Waals surface area contributed by atoms with Crippen LogP contribution in [0.2, 0.25) is 0 Å². The second-order valence-electron chi connectivity index (χ2n) is 8.61. The van der Waals surface area contributed by atoms with Crippen molar-refractivity contribution in [2.75, 3.05) is 24.4 Å². The van der Waals surface area contributed by atoms with E-state index in [4.69, 9.17) is 4.74 Å². The van der Waals surface area contributed by atoms with Crippen LogP contribution in [0.3, 0.4) is 0 Å². The van der Waals surface area contributed by atoms with E-state index >= 15 is 0 Å². The van der Waals surface area contributed by atoms with Crippen LogP contribution >= 0.6 is 0 Å². The molecule has 1 aliphatic carbocycles. The molecule has 1 fully saturated rings. The molecule has 0 bridgehead atoms. The summed E-state index contributed by atoms with van der Waals surface area (Å²) in [6, 6.07) is 17.1. The predicted octanol–water partition coefficient (Wildman–Crippen LogP) is 3.82. The molecule has 9 heteroatoms. The lowest BCUT2D eigenvalue weighted by Crippen LogP contribution is -2.27. The van der Waals surface area contributed by atoms with Gasteiger partial charge in [-0.05, 0) is 42.7 Å². The molecule has 1 saturated carbocycles. The Morgan fingerprint density at radius 2 is 2.00 bits per heavy atom. The first-order chi connectivity index (χ1) is 17.0. The minimum absolute atomic E-state index is 0.198. The van der Waals surface area contributed by atoms with E-state index < -0.39 is 0 Å². The highest BCUT2D eigenvalue weighted by molar-refractivity contribution is 5.94. The molecular weight excluding hydrogens is 444 g/mol. The van der Waals surface area contributed by atoms with Gasteiger partial charge in [-0.2, -0.15) is 0 Å². The number of hydrogen-bond donors (Lipinski definition) is 2. The minimum Gasteiger partial charge on any atom is -0.497 e. The van der Waals surface area contributed by atoms with Crippen LogP contribution in [0.4, 0.5) is 17.2 Å². The van der Waals surface area contributed by atoms with E-state index in [1.54, 1.807) is 36.0 Å². The van der Waals surface area contributed by atoms with Gasteiger partial charge in [0, 0.05) is 37.0 Å². The maximum atomic E-state index is 12.9. The molecule has 2 aromatic heterocycles. The highest BCUT2D eigenvalue weighted by Gasteiger charge is 2.26. The minimum atomic E-state index is -0.198. The molecule has 4 aromatic rings. The van der Waals surface area contributed by atoms with Gasteiger partial charge in [0.25, 0.3) is 5.91 Å². The molecule has 2 heterocycles. The zero-order chi connectivity index (χ0) is 24.4. The van der Waals surface area contributed by atoms with Crippen molar-refractivity contribution in [3.63, 3.8) is 0 Å². The average molecular weight is 471 g/mol. The van der Waals surface area contributed by atoms with E-state index in [1.165, 1.54) is 0 Å². The molecule has 2 aromatic carbocycles. The first kappa shape index (κ1) is 22.4. The molecule has 9 nitrogen and oxygen atoms in total. The molecule has 0 unspecified atom stereocenters. The number of imidazole rings is 1. The quantitative estimate of drug-likeness (QED) is 0.359. The van der Waals surface area contributed by atoms with E-state index in [0.717, 1.165) is 36.1 Å². The molecule has 2 N–H and O–H groups in total. The summed E-state index contributed by atoms with van der Waals surface area (Å²) in [5.41, 5.74) is 4.12. The highest BCUT2D eigenvalue weighted by atomic mass is 16.5. The van der Waals surface area contributed by atoms with Gasteiger partial charge in [0.15, 0.2) is 17.2 Å². The predicted molar refractivity (Wildman–Crippen MR) is 134 cm³/mol. The van der Waals surface area contributed by atoms with Crippen LogP contribution in [0.15, 0.2) is 60.8 Å². The molecule has 35 heavy (non-hydrogen) atoms. The van der Waals surface area contributed by atoms with Gasteiger partial charge in [-0.1, -0.05) is 24.3 Å². The summed E-state index contributed by atoms with van der Waals surface area (Å²) < 4.78 is 6.83. The van der Waals surface area contributed by atoms with Gasteiger partial charge in [0.2, 0.25) is 0 Å². The summed E-state index contributed by atoms with van der Waals surface area (Å²) in [4.78, 5) is 30.7. The maximum Gasteiger partial charge on any atom is 0.271 e. The lowest BCUT2D eigenvalue weighted by molar-refractivity contribution is 0.0943. The second kappa shape index (κ2) is 9.46. The van der Waals surface area contributed by atoms with Crippen LogP contribution in [0.5, 0.6) is 5.75 Å². The van der Waals surface area contributed by atoms with Gasteiger partial charge in [-0.25, -0.2) is 9.50 Å². The average Bonchev–Trinajstić information content (AvgIpc) is 3.59. The standard InChI is InChI=1S/C26H26N6O3/c1-31(15-17-6-10-21(35-2)11-7-17)22-13-24(28-20-5-3-4-18(12-20)16-33)30-32-23(14-27-25(22)32)26(34)29-19-8-9-19/h3-7,10-14,16,19H,8-9,15H2,1-2H3,(H,28,30)(H,29,34). The van der Waals surface area contributed by atoms with Gasteiger partial charge in [-0.15, -0.1) is 5.10 Å². The summed E-state index contributed by atoms with van der Waals surface area (Å²) >= 11 is 0. The zero-order valence-corrected chi connectivity index (χ0v) is 19.6. The number of carbonyl (C=O) groups is 2. The van der Waals surface area contributed by atoms with Gasteiger partial charge in [0.1, 0.15) is 12.0 Å². The third-order valence-corrected chi connectivity index (χ3v) is 5.88. The number of fused-ring (bicyclic) bond motifs is 1. The SMILES string of the molecule is COc1ccc(CN(C)c2cc(Nc3cccc(C=O)c3)nn3c(C(=O)NC4CC4)cnc23)cc1. The summed E-state index contributed by atoms with van der Waals surface area (Å²) in [5.74, 6) is 1.12. The Labute approximate surface area is 202 Å². The number of anilines is 3. The Morgan fingerprint density at radius 1 is 1.20 bits per heavy atom. The van der Waals surface area contributed by atoms with Crippen molar-refractivity contribution in [1.29, 1.82) is 0 Å². The van der Waals surface area contributed by atoms with E-state index in [-0.39, 0.29) is 11.9 Å². The van der Waals surface area contributed by atoms with E-state index in [2.05, 4.69) is 25.6 Å². The van der Waals surface area contributed by atoms with Crippen molar-refractivity contribution in [1.82, 2.24) is 19.9 Å². The smallest absolute Gasteiger partial charge is 0.271 e. The molecule has 1 amide bonds. The van der Waals surface area contributed by atoms with Gasteiger partial charge in [0.05, 0.1) is 19.0 Å². The van der Waals surface area contributed by atoms with Crippen LogP contribution < -0.4 is 20.3 Å². The zero-order valence-electron chi connectivity index (χ0n) is 19.6. The Hall–Kier alpha value is -4.40. The van der Waals surface area contributed by atoms with Crippen molar-refractivity contribution in [3.05, 3.63) is 77.6 Å². The van der Waals surface area contributed by atoms with Crippen molar-refractivity contribution < 1.29 is 14.3 Å².